The van der Waals surface area contributed by atoms with E-state index in [-0.39, 0.29) is 0 Å². The maximum Gasteiger partial charge on any atom is 0.120 e. The predicted molar refractivity (Wildman–Crippen MR) is 87.6 cm³/mol. The standard InChI is InChI=1S/C15H23N3OS/c1-12(10-15(16)20)17-6-8-18(9-7-17)13-4-3-5-14(11-13)19-2/h3-5,11-12H,6-10H2,1-2H3,(H2,16,20). The third-order valence-corrected chi connectivity index (χ3v) is 4.02. The Balaban J connectivity index is 1.92. The number of rotatable bonds is 5. The van der Waals surface area contributed by atoms with Crippen LogP contribution in [0.15, 0.2) is 24.3 Å². The first-order chi connectivity index (χ1) is 9.60. The highest BCUT2D eigenvalue weighted by molar-refractivity contribution is 7.80. The minimum atomic E-state index is 0.431. The summed E-state index contributed by atoms with van der Waals surface area (Å²) in [6.07, 6.45) is 0.800. The Kier molecular flexibility index (Phi) is 5.20. The molecule has 0 aromatic heterocycles. The third-order valence-electron chi connectivity index (χ3n) is 3.85. The minimum Gasteiger partial charge on any atom is -0.497 e. The van der Waals surface area contributed by atoms with Gasteiger partial charge in [0.05, 0.1) is 12.1 Å². The monoisotopic (exact) mass is 293 g/mol. The maximum atomic E-state index is 5.63. The van der Waals surface area contributed by atoms with Gasteiger partial charge in [0.1, 0.15) is 5.75 Å². The second kappa shape index (κ2) is 6.90. The molecule has 1 heterocycles. The second-order valence-corrected chi connectivity index (χ2v) is 5.77. The van der Waals surface area contributed by atoms with Crippen LogP contribution in [-0.2, 0) is 0 Å². The number of hydrogen-bond acceptors (Lipinski definition) is 4. The van der Waals surface area contributed by atoms with E-state index >= 15 is 0 Å². The molecule has 4 nitrogen and oxygen atoms in total. The summed E-state index contributed by atoms with van der Waals surface area (Å²) in [6.45, 7) is 6.33. The zero-order valence-corrected chi connectivity index (χ0v) is 13.0. The van der Waals surface area contributed by atoms with E-state index in [0.717, 1.165) is 38.3 Å². The lowest BCUT2D eigenvalue weighted by atomic mass is 10.1. The first-order valence-electron chi connectivity index (χ1n) is 7.01. The molecular weight excluding hydrogens is 270 g/mol. The van der Waals surface area contributed by atoms with E-state index in [4.69, 9.17) is 22.7 Å². The molecule has 20 heavy (non-hydrogen) atoms. The Labute approximate surface area is 126 Å². The summed E-state index contributed by atoms with van der Waals surface area (Å²) in [7, 11) is 1.70. The molecule has 5 heteroatoms. The highest BCUT2D eigenvalue weighted by atomic mass is 32.1. The van der Waals surface area contributed by atoms with E-state index in [2.05, 4.69) is 28.9 Å². The van der Waals surface area contributed by atoms with E-state index < -0.39 is 0 Å². The van der Waals surface area contributed by atoms with Gasteiger partial charge in [-0.3, -0.25) is 4.90 Å². The molecule has 2 rings (SSSR count). The van der Waals surface area contributed by atoms with Crippen molar-refractivity contribution < 1.29 is 4.74 Å². The molecule has 1 fully saturated rings. The lowest BCUT2D eigenvalue weighted by Gasteiger charge is -2.39. The zero-order chi connectivity index (χ0) is 14.5. The normalized spacial score (nSPS) is 17.8. The highest BCUT2D eigenvalue weighted by Crippen LogP contribution is 2.22. The van der Waals surface area contributed by atoms with Gasteiger partial charge in [0, 0.05) is 50.4 Å². The quantitative estimate of drug-likeness (QED) is 0.840. The number of ether oxygens (including phenoxy) is 1. The van der Waals surface area contributed by atoms with Gasteiger partial charge in [0.15, 0.2) is 0 Å². The molecule has 1 unspecified atom stereocenters. The van der Waals surface area contributed by atoms with E-state index in [9.17, 15) is 0 Å². The Morgan fingerprint density at radius 2 is 2.05 bits per heavy atom. The van der Waals surface area contributed by atoms with E-state index in [0.29, 0.717) is 11.0 Å². The molecule has 1 aromatic carbocycles. The molecular formula is C15H23N3OS. The van der Waals surface area contributed by atoms with E-state index in [1.807, 2.05) is 12.1 Å². The SMILES string of the molecule is COc1cccc(N2CCN(C(C)CC(N)=S)CC2)c1. The van der Waals surface area contributed by atoms with Crippen LogP contribution in [-0.4, -0.2) is 49.2 Å². The average Bonchev–Trinajstić information content (AvgIpc) is 2.47. The molecule has 2 N–H and O–H groups in total. The first-order valence-corrected chi connectivity index (χ1v) is 7.42. The van der Waals surface area contributed by atoms with Gasteiger partial charge in [-0.05, 0) is 19.1 Å². The van der Waals surface area contributed by atoms with Crippen molar-refractivity contribution in [1.29, 1.82) is 0 Å². The topological polar surface area (TPSA) is 41.7 Å². The predicted octanol–water partition coefficient (Wildman–Crippen LogP) is 1.88. The van der Waals surface area contributed by atoms with Crippen LogP contribution in [0.25, 0.3) is 0 Å². The van der Waals surface area contributed by atoms with E-state index in [1.54, 1.807) is 7.11 Å². The number of nitrogens with zero attached hydrogens (tertiary/aromatic N) is 2. The smallest absolute Gasteiger partial charge is 0.120 e. The Morgan fingerprint density at radius 3 is 2.65 bits per heavy atom. The molecule has 1 aliphatic heterocycles. The molecule has 0 bridgehead atoms. The van der Waals surface area contributed by atoms with Crippen molar-refractivity contribution in [2.75, 3.05) is 38.2 Å². The average molecular weight is 293 g/mol. The number of anilines is 1. The van der Waals surface area contributed by atoms with Crippen LogP contribution < -0.4 is 15.4 Å². The van der Waals surface area contributed by atoms with Gasteiger partial charge >= 0.3 is 0 Å². The van der Waals surface area contributed by atoms with Crippen LogP contribution in [0.3, 0.4) is 0 Å². The fourth-order valence-electron chi connectivity index (χ4n) is 2.65. The third kappa shape index (κ3) is 3.84. The van der Waals surface area contributed by atoms with Crippen molar-refractivity contribution in [3.05, 3.63) is 24.3 Å². The maximum absolute atomic E-state index is 5.63. The van der Waals surface area contributed by atoms with Gasteiger partial charge in [-0.1, -0.05) is 18.3 Å². The molecule has 1 atom stereocenters. The molecule has 0 spiro atoms. The fraction of sp³-hybridized carbons (Fsp3) is 0.533. The van der Waals surface area contributed by atoms with Gasteiger partial charge in [-0.15, -0.1) is 0 Å². The molecule has 0 amide bonds. The van der Waals surface area contributed by atoms with Crippen molar-refractivity contribution in [2.24, 2.45) is 5.73 Å². The number of methoxy groups -OCH3 is 1. The van der Waals surface area contributed by atoms with Gasteiger partial charge in [0.25, 0.3) is 0 Å². The van der Waals surface area contributed by atoms with Gasteiger partial charge in [-0.25, -0.2) is 0 Å². The molecule has 1 aromatic rings. The van der Waals surface area contributed by atoms with Gasteiger partial charge < -0.3 is 15.4 Å². The molecule has 1 saturated heterocycles. The highest BCUT2D eigenvalue weighted by Gasteiger charge is 2.21. The van der Waals surface area contributed by atoms with Gasteiger partial charge in [-0.2, -0.15) is 0 Å². The summed E-state index contributed by atoms with van der Waals surface area (Å²) in [5.41, 5.74) is 6.86. The fourth-order valence-corrected chi connectivity index (χ4v) is 2.89. The molecule has 110 valence electrons. The molecule has 0 saturated carbocycles. The van der Waals surface area contributed by atoms with Crippen LogP contribution in [0.2, 0.25) is 0 Å². The summed E-state index contributed by atoms with van der Waals surface area (Å²) < 4.78 is 5.28. The number of hydrogen-bond donors (Lipinski definition) is 1. The summed E-state index contributed by atoms with van der Waals surface area (Å²) in [5, 5.41) is 0. The van der Waals surface area contributed by atoms with Crippen LogP contribution in [0.4, 0.5) is 5.69 Å². The zero-order valence-electron chi connectivity index (χ0n) is 12.2. The van der Waals surface area contributed by atoms with Crippen LogP contribution >= 0.6 is 12.2 Å². The summed E-state index contributed by atoms with van der Waals surface area (Å²) in [4.78, 5) is 5.45. The summed E-state index contributed by atoms with van der Waals surface area (Å²) in [5.74, 6) is 0.909. The summed E-state index contributed by atoms with van der Waals surface area (Å²) in [6, 6.07) is 8.67. The van der Waals surface area contributed by atoms with Crippen molar-refractivity contribution in [3.8, 4) is 5.75 Å². The van der Waals surface area contributed by atoms with E-state index in [1.165, 1.54) is 5.69 Å². The van der Waals surface area contributed by atoms with Crippen LogP contribution in [0.5, 0.6) is 5.75 Å². The van der Waals surface area contributed by atoms with Crippen molar-refractivity contribution in [3.63, 3.8) is 0 Å². The lowest BCUT2D eigenvalue weighted by molar-refractivity contribution is 0.201. The lowest BCUT2D eigenvalue weighted by Crippen LogP contribution is -2.50. The van der Waals surface area contributed by atoms with Crippen molar-refractivity contribution in [1.82, 2.24) is 4.90 Å². The number of thiocarbonyl (C=S) groups is 1. The Bertz CT molecular complexity index is 458. The molecule has 1 aliphatic rings. The van der Waals surface area contributed by atoms with Crippen LogP contribution in [0.1, 0.15) is 13.3 Å². The Hall–Kier alpha value is -1.33. The van der Waals surface area contributed by atoms with Crippen molar-refractivity contribution in [2.45, 2.75) is 19.4 Å². The minimum absolute atomic E-state index is 0.431. The van der Waals surface area contributed by atoms with Gasteiger partial charge in [0.2, 0.25) is 0 Å². The first kappa shape index (κ1) is 15.1. The largest absolute Gasteiger partial charge is 0.497 e. The molecule has 0 radical (unpaired) electrons. The second-order valence-electron chi connectivity index (χ2n) is 5.24. The van der Waals surface area contributed by atoms with Crippen LogP contribution in [0, 0.1) is 0 Å². The summed E-state index contributed by atoms with van der Waals surface area (Å²) >= 11 is 5.00. The Morgan fingerprint density at radius 1 is 1.35 bits per heavy atom. The van der Waals surface area contributed by atoms with Crippen molar-refractivity contribution >= 4 is 22.9 Å². The number of nitrogens with two attached hydrogens (primary N) is 1. The number of benzene rings is 1. The number of piperazine rings is 1. The molecule has 0 aliphatic carbocycles.